The molecule has 0 amide bonds. The summed E-state index contributed by atoms with van der Waals surface area (Å²) in [6, 6.07) is 5.99. The fraction of sp³-hybridized carbons (Fsp3) is 0.333. The summed E-state index contributed by atoms with van der Waals surface area (Å²) in [5, 5.41) is 10.2. The van der Waals surface area contributed by atoms with E-state index in [1.54, 1.807) is 0 Å². The number of nitrogens with one attached hydrogen (secondary N) is 1. The van der Waals surface area contributed by atoms with Crippen LogP contribution in [0.3, 0.4) is 0 Å². The lowest BCUT2D eigenvalue weighted by Crippen LogP contribution is -2.26. The molecule has 0 unspecified atom stereocenters. The maximum atomic E-state index is 8.94. The van der Waals surface area contributed by atoms with Gasteiger partial charge in [0, 0.05) is 23.1 Å². The number of H-pyrrole nitrogens is 1. The van der Waals surface area contributed by atoms with Gasteiger partial charge in [-0.2, -0.15) is 0 Å². The molecule has 2 aromatic rings. The Morgan fingerprint density at radius 3 is 3.00 bits per heavy atom. The van der Waals surface area contributed by atoms with E-state index in [0.717, 1.165) is 5.52 Å². The average Bonchev–Trinajstić information content (AvgIpc) is 2.63. The van der Waals surface area contributed by atoms with Crippen molar-refractivity contribution in [2.75, 3.05) is 6.61 Å². The number of aliphatic hydroxyl groups is 1. The SMILES string of the molecule is Cc1cccc2[nH]cc(C[C@@H](N)CO)c12. The molecular weight excluding hydrogens is 188 g/mol. The van der Waals surface area contributed by atoms with E-state index in [0.29, 0.717) is 6.42 Å². The molecule has 0 saturated carbocycles. The molecule has 1 aromatic carbocycles. The molecular formula is C12H16N2O. The van der Waals surface area contributed by atoms with Crippen LogP contribution in [0.5, 0.6) is 0 Å². The van der Waals surface area contributed by atoms with E-state index >= 15 is 0 Å². The molecule has 0 aliphatic rings. The van der Waals surface area contributed by atoms with Gasteiger partial charge in [0.1, 0.15) is 0 Å². The summed E-state index contributed by atoms with van der Waals surface area (Å²) in [5.41, 5.74) is 9.30. The zero-order chi connectivity index (χ0) is 10.8. The highest BCUT2D eigenvalue weighted by Crippen LogP contribution is 2.22. The minimum Gasteiger partial charge on any atom is -0.395 e. The van der Waals surface area contributed by atoms with Crippen molar-refractivity contribution in [2.24, 2.45) is 5.73 Å². The third-order valence-corrected chi connectivity index (χ3v) is 2.71. The minimum absolute atomic E-state index is 0.0263. The fourth-order valence-corrected chi connectivity index (χ4v) is 1.96. The Kier molecular flexibility index (Phi) is 2.75. The predicted molar refractivity (Wildman–Crippen MR) is 61.8 cm³/mol. The molecule has 80 valence electrons. The quantitative estimate of drug-likeness (QED) is 0.706. The second-order valence-corrected chi connectivity index (χ2v) is 3.96. The van der Waals surface area contributed by atoms with Crippen LogP contribution in [0.15, 0.2) is 24.4 Å². The largest absolute Gasteiger partial charge is 0.395 e. The number of rotatable bonds is 3. The average molecular weight is 204 g/mol. The van der Waals surface area contributed by atoms with Gasteiger partial charge in [-0.25, -0.2) is 0 Å². The lowest BCUT2D eigenvalue weighted by molar-refractivity contribution is 0.265. The first-order valence-electron chi connectivity index (χ1n) is 5.14. The summed E-state index contributed by atoms with van der Waals surface area (Å²) in [7, 11) is 0. The molecule has 1 heterocycles. The summed E-state index contributed by atoms with van der Waals surface area (Å²) in [6.45, 7) is 2.11. The number of hydrogen-bond donors (Lipinski definition) is 3. The third kappa shape index (κ3) is 1.89. The fourth-order valence-electron chi connectivity index (χ4n) is 1.96. The summed E-state index contributed by atoms with van der Waals surface area (Å²) in [6.07, 6.45) is 2.69. The van der Waals surface area contributed by atoms with Crippen molar-refractivity contribution in [1.82, 2.24) is 4.98 Å². The first-order chi connectivity index (χ1) is 7.22. The van der Waals surface area contributed by atoms with Crippen molar-refractivity contribution in [3.63, 3.8) is 0 Å². The molecule has 4 N–H and O–H groups in total. The van der Waals surface area contributed by atoms with Crippen molar-refractivity contribution in [2.45, 2.75) is 19.4 Å². The number of benzene rings is 1. The highest BCUT2D eigenvalue weighted by Gasteiger charge is 2.09. The lowest BCUT2D eigenvalue weighted by Gasteiger charge is -2.07. The van der Waals surface area contributed by atoms with Crippen molar-refractivity contribution < 1.29 is 5.11 Å². The van der Waals surface area contributed by atoms with Gasteiger partial charge in [0.25, 0.3) is 0 Å². The summed E-state index contributed by atoms with van der Waals surface area (Å²) < 4.78 is 0. The van der Waals surface area contributed by atoms with Crippen LogP contribution in [0.4, 0.5) is 0 Å². The summed E-state index contributed by atoms with van der Waals surface area (Å²) >= 11 is 0. The Morgan fingerprint density at radius 1 is 1.47 bits per heavy atom. The van der Waals surface area contributed by atoms with Crippen LogP contribution in [0, 0.1) is 6.92 Å². The van der Waals surface area contributed by atoms with E-state index < -0.39 is 0 Å². The van der Waals surface area contributed by atoms with E-state index in [1.807, 2.05) is 12.3 Å². The van der Waals surface area contributed by atoms with Gasteiger partial charge in [0.05, 0.1) is 6.61 Å². The number of aromatic amines is 1. The number of hydrogen-bond acceptors (Lipinski definition) is 2. The Bertz CT molecular complexity index is 462. The minimum atomic E-state index is -0.177. The van der Waals surface area contributed by atoms with Gasteiger partial charge in [0.2, 0.25) is 0 Å². The zero-order valence-corrected chi connectivity index (χ0v) is 8.83. The normalized spacial score (nSPS) is 13.3. The first kappa shape index (κ1) is 10.2. The summed E-state index contributed by atoms with van der Waals surface area (Å²) in [4.78, 5) is 3.22. The Hall–Kier alpha value is -1.32. The van der Waals surface area contributed by atoms with Crippen LogP contribution >= 0.6 is 0 Å². The number of aryl methyl sites for hydroxylation is 1. The van der Waals surface area contributed by atoms with Gasteiger partial charge >= 0.3 is 0 Å². The smallest absolute Gasteiger partial charge is 0.0585 e. The summed E-state index contributed by atoms with van der Waals surface area (Å²) in [5.74, 6) is 0. The molecule has 3 nitrogen and oxygen atoms in total. The van der Waals surface area contributed by atoms with E-state index in [1.165, 1.54) is 16.5 Å². The predicted octanol–water partition coefficient (Wildman–Crippen LogP) is 1.34. The molecule has 0 aliphatic heterocycles. The van der Waals surface area contributed by atoms with Crippen molar-refractivity contribution in [3.8, 4) is 0 Å². The molecule has 0 radical (unpaired) electrons. The molecule has 0 fully saturated rings. The maximum Gasteiger partial charge on any atom is 0.0585 e. The highest BCUT2D eigenvalue weighted by atomic mass is 16.3. The van der Waals surface area contributed by atoms with E-state index in [9.17, 15) is 0 Å². The van der Waals surface area contributed by atoms with Crippen LogP contribution in [-0.4, -0.2) is 22.7 Å². The Labute approximate surface area is 88.9 Å². The maximum absolute atomic E-state index is 8.94. The van der Waals surface area contributed by atoms with E-state index in [2.05, 4.69) is 24.0 Å². The molecule has 0 saturated heterocycles. The molecule has 0 aliphatic carbocycles. The monoisotopic (exact) mass is 204 g/mol. The van der Waals surface area contributed by atoms with Gasteiger partial charge in [-0.1, -0.05) is 12.1 Å². The second-order valence-electron chi connectivity index (χ2n) is 3.96. The van der Waals surface area contributed by atoms with Gasteiger partial charge in [-0.05, 0) is 30.5 Å². The van der Waals surface area contributed by atoms with E-state index in [-0.39, 0.29) is 12.6 Å². The van der Waals surface area contributed by atoms with Gasteiger partial charge < -0.3 is 15.8 Å². The molecule has 1 aromatic heterocycles. The van der Waals surface area contributed by atoms with Crippen molar-refractivity contribution in [3.05, 3.63) is 35.5 Å². The van der Waals surface area contributed by atoms with Crippen LogP contribution in [0.1, 0.15) is 11.1 Å². The molecule has 3 heteroatoms. The standard InChI is InChI=1S/C12H16N2O/c1-8-3-2-4-11-12(8)9(6-14-11)5-10(13)7-15/h2-4,6,10,14-15H,5,7,13H2,1H3/t10-/m1/s1. The third-order valence-electron chi connectivity index (χ3n) is 2.71. The Balaban J connectivity index is 2.43. The Morgan fingerprint density at radius 2 is 2.27 bits per heavy atom. The molecule has 1 atom stereocenters. The zero-order valence-electron chi connectivity index (χ0n) is 8.83. The lowest BCUT2D eigenvalue weighted by atomic mass is 10.0. The molecule has 2 rings (SSSR count). The highest BCUT2D eigenvalue weighted by molar-refractivity contribution is 5.86. The van der Waals surface area contributed by atoms with Gasteiger partial charge in [-0.15, -0.1) is 0 Å². The van der Waals surface area contributed by atoms with Crippen LogP contribution in [-0.2, 0) is 6.42 Å². The topological polar surface area (TPSA) is 62.0 Å². The number of aliphatic hydroxyl groups excluding tert-OH is 1. The van der Waals surface area contributed by atoms with Crippen LogP contribution in [0.2, 0.25) is 0 Å². The first-order valence-corrected chi connectivity index (χ1v) is 5.14. The molecule has 0 spiro atoms. The van der Waals surface area contributed by atoms with Gasteiger partial charge in [0.15, 0.2) is 0 Å². The number of aromatic nitrogens is 1. The second kappa shape index (κ2) is 4.04. The van der Waals surface area contributed by atoms with Crippen molar-refractivity contribution >= 4 is 10.9 Å². The van der Waals surface area contributed by atoms with E-state index in [4.69, 9.17) is 10.8 Å². The van der Waals surface area contributed by atoms with Crippen LogP contribution < -0.4 is 5.73 Å². The van der Waals surface area contributed by atoms with Gasteiger partial charge in [-0.3, -0.25) is 0 Å². The number of nitrogens with two attached hydrogens (primary N) is 1. The molecule has 15 heavy (non-hydrogen) atoms. The number of fused-ring (bicyclic) bond motifs is 1. The van der Waals surface area contributed by atoms with Crippen LogP contribution in [0.25, 0.3) is 10.9 Å². The van der Waals surface area contributed by atoms with Crippen molar-refractivity contribution in [1.29, 1.82) is 0 Å². The molecule has 0 bridgehead atoms.